The molecule has 1 aliphatic rings. The molecule has 52 heavy (non-hydrogen) atoms. The van der Waals surface area contributed by atoms with Crippen LogP contribution >= 0.6 is 0 Å². The third-order valence-electron chi connectivity index (χ3n) is 9.54. The second-order valence-corrected chi connectivity index (χ2v) is 12.8. The Balaban J connectivity index is 1.28. The lowest BCUT2D eigenvalue weighted by Gasteiger charge is -2.26. The zero-order chi connectivity index (χ0) is 34.4. The molecule has 0 bridgehead atoms. The highest BCUT2D eigenvalue weighted by Gasteiger charge is 2.28. The molecule has 3 aromatic carbocycles. The van der Waals surface area contributed by atoms with E-state index in [1.807, 2.05) is 72.8 Å². The van der Waals surface area contributed by atoms with Crippen molar-refractivity contribution in [2.24, 2.45) is 0 Å². The number of nitrogens with zero attached hydrogens (tertiary/aromatic N) is 13. The smallest absolute Gasteiger partial charge is 0.183 e. The zero-order valence-electron chi connectivity index (χ0n) is 27.7. The summed E-state index contributed by atoms with van der Waals surface area (Å²) in [5, 5.41) is 14.6. The average molecular weight is 681 g/mol. The van der Waals surface area contributed by atoms with Crippen LogP contribution in [-0.2, 0) is 0 Å². The number of benzene rings is 3. The van der Waals surface area contributed by atoms with Crippen LogP contribution in [0.3, 0.4) is 0 Å². The zero-order valence-corrected chi connectivity index (χ0v) is 27.7. The van der Waals surface area contributed by atoms with Crippen molar-refractivity contribution < 1.29 is 0 Å². The van der Waals surface area contributed by atoms with E-state index in [1.54, 1.807) is 12.4 Å². The van der Waals surface area contributed by atoms with Gasteiger partial charge < -0.3 is 4.57 Å². The molecule has 6 aromatic heterocycles. The number of H-pyrrole nitrogens is 1. The van der Waals surface area contributed by atoms with Gasteiger partial charge in [-0.1, -0.05) is 79.9 Å². The van der Waals surface area contributed by atoms with E-state index in [-0.39, 0.29) is 6.04 Å². The topological polar surface area (TPSA) is 175 Å². The number of aromatic nitrogens is 14. The van der Waals surface area contributed by atoms with Crippen LogP contribution < -0.4 is 0 Å². The minimum atomic E-state index is 0.232. The predicted molar refractivity (Wildman–Crippen MR) is 194 cm³/mol. The molecule has 0 unspecified atom stereocenters. The lowest BCUT2D eigenvalue weighted by atomic mass is 9.95. The predicted octanol–water partition coefficient (Wildman–Crippen LogP) is 6.86. The third kappa shape index (κ3) is 5.19. The van der Waals surface area contributed by atoms with Gasteiger partial charge in [-0.3, -0.25) is 0 Å². The molecule has 0 amide bonds. The van der Waals surface area contributed by atoms with Crippen LogP contribution in [0.5, 0.6) is 0 Å². The lowest BCUT2D eigenvalue weighted by Crippen LogP contribution is -2.15. The fourth-order valence-corrected chi connectivity index (χ4v) is 7.09. The van der Waals surface area contributed by atoms with Crippen LogP contribution in [0, 0.1) is 0 Å². The van der Waals surface area contributed by atoms with E-state index < -0.39 is 0 Å². The summed E-state index contributed by atoms with van der Waals surface area (Å²) in [5.41, 5.74) is 8.63. The molecule has 14 nitrogen and oxygen atoms in total. The average Bonchev–Trinajstić information content (AvgIpc) is 3.90. The van der Waals surface area contributed by atoms with Crippen molar-refractivity contribution in [2.45, 2.75) is 38.1 Å². The Hall–Kier alpha value is -6.96. The van der Waals surface area contributed by atoms with E-state index >= 15 is 0 Å². The summed E-state index contributed by atoms with van der Waals surface area (Å²) < 4.78 is 2.35. The maximum absolute atomic E-state index is 5.43. The highest BCUT2D eigenvalue weighted by molar-refractivity contribution is 5.94. The van der Waals surface area contributed by atoms with E-state index in [2.05, 4.69) is 46.2 Å². The lowest BCUT2D eigenvalue weighted by molar-refractivity contribution is 0.362. The van der Waals surface area contributed by atoms with Crippen LogP contribution in [0.25, 0.3) is 90.3 Å². The molecule has 1 saturated carbocycles. The molecule has 6 heterocycles. The Morgan fingerprint density at radius 1 is 0.635 bits per heavy atom. The van der Waals surface area contributed by atoms with Crippen LogP contribution in [0.15, 0.2) is 97.6 Å². The molecule has 1 aliphatic carbocycles. The minimum absolute atomic E-state index is 0.232. The van der Waals surface area contributed by atoms with E-state index in [0.29, 0.717) is 56.8 Å². The first-order valence-electron chi connectivity index (χ1n) is 17.2. The first-order valence-corrected chi connectivity index (χ1v) is 17.2. The summed E-state index contributed by atoms with van der Waals surface area (Å²) in [6.45, 7) is 0. The van der Waals surface area contributed by atoms with Crippen LogP contribution in [0.4, 0.5) is 0 Å². The van der Waals surface area contributed by atoms with Gasteiger partial charge in [0, 0.05) is 22.7 Å². The van der Waals surface area contributed by atoms with Gasteiger partial charge in [-0.05, 0) is 41.5 Å². The van der Waals surface area contributed by atoms with E-state index in [4.69, 9.17) is 29.9 Å². The summed E-state index contributed by atoms with van der Waals surface area (Å²) in [6.07, 6.45) is 10.3. The van der Waals surface area contributed by atoms with Gasteiger partial charge in [0.2, 0.25) is 0 Å². The first kappa shape index (κ1) is 29.9. The number of hydrogen-bond acceptors (Lipinski definition) is 12. The maximum Gasteiger partial charge on any atom is 0.183 e. The number of nitrogens with one attached hydrogen (secondary N) is 1. The van der Waals surface area contributed by atoms with Gasteiger partial charge in [0.1, 0.15) is 40.1 Å². The molecule has 0 saturated heterocycles. The van der Waals surface area contributed by atoms with Gasteiger partial charge in [0.25, 0.3) is 0 Å². The quantitative estimate of drug-likeness (QED) is 0.193. The molecule has 250 valence electrons. The van der Waals surface area contributed by atoms with Crippen LogP contribution in [0.1, 0.15) is 38.1 Å². The van der Waals surface area contributed by atoms with Gasteiger partial charge in [-0.25, -0.2) is 50.0 Å². The monoisotopic (exact) mass is 680 g/mol. The summed E-state index contributed by atoms with van der Waals surface area (Å²) >= 11 is 0. The van der Waals surface area contributed by atoms with Crippen molar-refractivity contribution in [3.8, 4) is 56.9 Å². The maximum atomic E-state index is 5.43. The Kier molecular flexibility index (Phi) is 7.15. The largest absolute Gasteiger partial charge is 0.319 e. The number of aromatic amines is 1. The normalized spacial score (nSPS) is 13.7. The number of hydrogen-bond donors (Lipinski definition) is 1. The van der Waals surface area contributed by atoms with Crippen molar-refractivity contribution in [3.05, 3.63) is 97.6 Å². The van der Waals surface area contributed by atoms with Gasteiger partial charge >= 0.3 is 0 Å². The second kappa shape index (κ2) is 12.4. The highest BCUT2D eigenvalue weighted by Crippen LogP contribution is 2.40. The Labute approximate surface area is 295 Å². The van der Waals surface area contributed by atoms with Gasteiger partial charge in [-0.15, -0.1) is 5.10 Å². The van der Waals surface area contributed by atoms with Gasteiger partial charge in [0.05, 0.1) is 23.4 Å². The second-order valence-electron chi connectivity index (χ2n) is 12.8. The molecular weight excluding hydrogens is 653 g/mol. The van der Waals surface area contributed by atoms with Gasteiger partial charge in [-0.2, -0.15) is 0 Å². The molecule has 9 aromatic rings. The first-order chi connectivity index (χ1) is 25.8. The summed E-state index contributed by atoms with van der Waals surface area (Å²) in [5.74, 6) is 1.79. The van der Waals surface area contributed by atoms with E-state index in [1.165, 1.54) is 12.7 Å². The van der Waals surface area contributed by atoms with E-state index in [9.17, 15) is 0 Å². The Morgan fingerprint density at radius 2 is 1.46 bits per heavy atom. The molecule has 10 rings (SSSR count). The molecule has 1 N–H and O–H groups in total. The summed E-state index contributed by atoms with van der Waals surface area (Å²) in [6, 6.07) is 26.3. The fourth-order valence-electron chi connectivity index (χ4n) is 7.09. The molecular formula is C38H28N14. The highest BCUT2D eigenvalue weighted by atomic mass is 15.5. The molecule has 0 atom stereocenters. The van der Waals surface area contributed by atoms with Crippen molar-refractivity contribution in [2.75, 3.05) is 0 Å². The molecule has 0 aliphatic heterocycles. The number of rotatable bonds is 6. The van der Waals surface area contributed by atoms with Crippen molar-refractivity contribution in [1.82, 2.24) is 70.0 Å². The summed E-state index contributed by atoms with van der Waals surface area (Å²) in [7, 11) is 0. The molecule has 0 spiro atoms. The number of fused-ring (bicyclic) bond motifs is 3. The van der Waals surface area contributed by atoms with Crippen molar-refractivity contribution in [1.29, 1.82) is 0 Å². The molecule has 1 fully saturated rings. The standard InChI is InChI=1S/C38H28N14/c1-4-10-22(11-5-1)30-33(38-43-26-18-24(35-48-50-51-49-35)16-17-29(26)52(38)25-14-8-3-9-15-25)44-32-31(27-20-40-36-28(42-27)19-39-21-41-36)46-34(47-37(32)45-30)23-12-6-2-7-13-23/h1-2,4-7,10-13,16-21,25H,3,8-9,14-15H2,(H,48,49,50,51). The van der Waals surface area contributed by atoms with E-state index in [0.717, 1.165) is 59.2 Å². The van der Waals surface area contributed by atoms with Crippen LogP contribution in [0.2, 0.25) is 0 Å². The van der Waals surface area contributed by atoms with Crippen molar-refractivity contribution >= 4 is 33.4 Å². The minimum Gasteiger partial charge on any atom is -0.319 e. The summed E-state index contributed by atoms with van der Waals surface area (Å²) in [4.78, 5) is 44.0. The number of tetrazole rings is 1. The SMILES string of the molecule is c1ccc(-c2nc(-c3cnc4ncncc4n3)c3nc(-c4nc5cc(-c6nnn[nH]6)ccc5n4C4CCCCC4)c(-c4ccccc4)nc3n2)cc1. The van der Waals surface area contributed by atoms with Crippen LogP contribution in [-0.4, -0.2) is 70.0 Å². The molecule has 0 radical (unpaired) electrons. The Bertz CT molecular complexity index is 2720. The third-order valence-corrected chi connectivity index (χ3v) is 9.54. The van der Waals surface area contributed by atoms with Crippen molar-refractivity contribution in [3.63, 3.8) is 0 Å². The molecule has 14 heteroatoms. The number of imidazole rings is 1. The Morgan fingerprint density at radius 3 is 2.27 bits per heavy atom. The fraction of sp³-hybridized carbons (Fsp3) is 0.158. The van der Waals surface area contributed by atoms with Gasteiger partial charge in [0.15, 0.2) is 28.8 Å².